The van der Waals surface area contributed by atoms with Crippen LogP contribution in [0.15, 0.2) is 12.7 Å². The molecule has 36 heavy (non-hydrogen) atoms. The molecule has 0 amide bonds. The van der Waals surface area contributed by atoms with Crippen LogP contribution in [0.4, 0.5) is 5.82 Å². The lowest BCUT2D eigenvalue weighted by Gasteiger charge is -2.30. The maximum Gasteiger partial charge on any atom is 0.332 e. The molecule has 0 saturated heterocycles. The molecule has 0 spiro atoms. The van der Waals surface area contributed by atoms with Gasteiger partial charge in [-0.15, -0.1) is 0 Å². The maximum atomic E-state index is 13.7. The second kappa shape index (κ2) is 12.6. The van der Waals surface area contributed by atoms with E-state index in [1.165, 1.54) is 20.2 Å². The summed E-state index contributed by atoms with van der Waals surface area (Å²) in [7, 11) is -3.88. The molecule has 0 aliphatic carbocycles. The van der Waals surface area contributed by atoms with Crippen LogP contribution in [0, 0.1) is 5.92 Å². The number of nitrogen functional groups attached to an aromatic ring is 1. The number of nitrogens with zero attached hydrogens (tertiary/aromatic N) is 4. The zero-order valence-corrected chi connectivity index (χ0v) is 22.8. The van der Waals surface area contributed by atoms with E-state index in [-0.39, 0.29) is 24.4 Å². The molecular formula is C22H37N6O7P. The number of imidazole rings is 1. The van der Waals surface area contributed by atoms with E-state index in [1.807, 2.05) is 13.8 Å². The first-order valence-electron chi connectivity index (χ1n) is 11.6. The van der Waals surface area contributed by atoms with Crippen molar-refractivity contribution < 1.29 is 32.9 Å². The average Bonchev–Trinajstić information content (AvgIpc) is 3.18. The van der Waals surface area contributed by atoms with Gasteiger partial charge in [0.2, 0.25) is 0 Å². The summed E-state index contributed by atoms with van der Waals surface area (Å²) in [6, 6.07) is 0. The van der Waals surface area contributed by atoms with Crippen molar-refractivity contribution in [3.05, 3.63) is 12.7 Å². The molecule has 0 bridgehead atoms. The minimum atomic E-state index is -3.88. The van der Waals surface area contributed by atoms with E-state index in [9.17, 15) is 14.2 Å². The van der Waals surface area contributed by atoms with Crippen molar-refractivity contribution in [3.63, 3.8) is 0 Å². The Morgan fingerprint density at radius 2 is 1.86 bits per heavy atom. The highest BCUT2D eigenvalue weighted by Crippen LogP contribution is 2.45. The second-order valence-electron chi connectivity index (χ2n) is 9.65. The van der Waals surface area contributed by atoms with Crippen molar-refractivity contribution in [3.8, 4) is 0 Å². The number of hydrogen-bond acceptors (Lipinski definition) is 11. The highest BCUT2D eigenvalue weighted by molar-refractivity contribution is 7.56. The monoisotopic (exact) mass is 528 g/mol. The highest BCUT2D eigenvalue weighted by atomic mass is 31.2. The summed E-state index contributed by atoms with van der Waals surface area (Å²) in [5.74, 6) is -0.917. The molecule has 0 radical (unpaired) electrons. The lowest BCUT2D eigenvalue weighted by molar-refractivity contribution is -0.150. The number of nitrogens with one attached hydrogen (secondary N) is 1. The van der Waals surface area contributed by atoms with Crippen LogP contribution >= 0.6 is 7.52 Å². The minimum absolute atomic E-state index is 0.127. The summed E-state index contributed by atoms with van der Waals surface area (Å²) < 4.78 is 37.0. The highest BCUT2D eigenvalue weighted by Gasteiger charge is 2.39. The fourth-order valence-electron chi connectivity index (χ4n) is 3.04. The number of anilines is 1. The zero-order chi connectivity index (χ0) is 27.1. The molecule has 0 saturated carbocycles. The molecule has 202 valence electrons. The van der Waals surface area contributed by atoms with Crippen LogP contribution < -0.4 is 10.8 Å². The first-order chi connectivity index (χ1) is 16.7. The van der Waals surface area contributed by atoms with Gasteiger partial charge < -0.3 is 29.0 Å². The van der Waals surface area contributed by atoms with Gasteiger partial charge in [0.05, 0.1) is 31.7 Å². The molecule has 2 aromatic rings. The number of carbonyl (C=O) groups is 2. The molecule has 0 aliphatic rings. The molecule has 2 atom stereocenters. The lowest BCUT2D eigenvalue weighted by Crippen LogP contribution is -2.47. The summed E-state index contributed by atoms with van der Waals surface area (Å²) in [6.07, 6.45) is 1.63. The van der Waals surface area contributed by atoms with E-state index in [4.69, 9.17) is 24.5 Å². The van der Waals surface area contributed by atoms with Crippen molar-refractivity contribution >= 4 is 36.4 Å². The summed E-state index contributed by atoms with van der Waals surface area (Å²) in [5.41, 5.74) is 5.44. The van der Waals surface area contributed by atoms with E-state index in [0.29, 0.717) is 17.7 Å². The first kappa shape index (κ1) is 29.6. The SMILES string of the molecule is CC(C)COC(=O)C(C)(C)NP(=O)(CO[C@H](C)Cn1cnc2c(N)ncnc21)OCC(=O)OC(C)C. The van der Waals surface area contributed by atoms with Crippen LogP contribution in [0.3, 0.4) is 0 Å². The number of aromatic nitrogens is 4. The standard InChI is InChI=1S/C22H37N6O7P/c1-14(2)9-32-21(30)22(6,7)27-36(31,34-10-17(29)35-15(3)4)13-33-16(5)8-28-12-26-18-19(23)24-11-25-20(18)28/h11-12,14-16H,8-10,13H2,1-7H3,(H,27,31)(H2,23,24,25)/t16-,36?/m1/s1. The summed E-state index contributed by atoms with van der Waals surface area (Å²) >= 11 is 0. The predicted molar refractivity (Wildman–Crippen MR) is 133 cm³/mol. The number of ether oxygens (including phenoxy) is 3. The molecule has 3 N–H and O–H groups in total. The zero-order valence-electron chi connectivity index (χ0n) is 21.9. The molecule has 2 heterocycles. The Labute approximate surface area is 210 Å². The fraction of sp³-hybridized carbons (Fsp3) is 0.682. The van der Waals surface area contributed by atoms with Gasteiger partial charge in [0, 0.05) is 0 Å². The molecular weight excluding hydrogens is 491 g/mol. The Morgan fingerprint density at radius 1 is 1.17 bits per heavy atom. The number of carbonyl (C=O) groups excluding carboxylic acids is 2. The van der Waals surface area contributed by atoms with Gasteiger partial charge in [-0.3, -0.25) is 9.36 Å². The predicted octanol–water partition coefficient (Wildman–Crippen LogP) is 2.50. The van der Waals surface area contributed by atoms with E-state index in [1.54, 1.807) is 31.7 Å². The van der Waals surface area contributed by atoms with Gasteiger partial charge in [0.15, 0.2) is 18.1 Å². The molecule has 2 rings (SSSR count). The third-order valence-corrected chi connectivity index (χ3v) is 6.61. The third-order valence-electron chi connectivity index (χ3n) is 4.68. The van der Waals surface area contributed by atoms with Gasteiger partial charge in [-0.25, -0.2) is 24.8 Å². The van der Waals surface area contributed by atoms with Crippen LogP contribution in [-0.4, -0.2) is 68.8 Å². The summed E-state index contributed by atoms with van der Waals surface area (Å²) in [5, 5.41) is 2.72. The molecule has 2 aromatic heterocycles. The van der Waals surface area contributed by atoms with Crippen LogP contribution in [0.25, 0.3) is 11.2 Å². The van der Waals surface area contributed by atoms with Crippen LogP contribution in [-0.2, 0) is 39.4 Å². The van der Waals surface area contributed by atoms with Crippen LogP contribution in [0.1, 0.15) is 48.5 Å². The Bertz CT molecular complexity index is 1090. The number of fused-ring (bicyclic) bond motifs is 1. The van der Waals surface area contributed by atoms with Crippen molar-refractivity contribution in [2.45, 2.75) is 72.8 Å². The van der Waals surface area contributed by atoms with E-state index in [2.05, 4.69) is 20.0 Å². The molecule has 0 aromatic carbocycles. The van der Waals surface area contributed by atoms with Crippen LogP contribution in [0.5, 0.6) is 0 Å². The van der Waals surface area contributed by atoms with Crippen molar-refractivity contribution in [1.29, 1.82) is 0 Å². The molecule has 0 aliphatic heterocycles. The second-order valence-corrected chi connectivity index (χ2v) is 11.7. The smallest absolute Gasteiger partial charge is 0.332 e. The number of hydrogen-bond donors (Lipinski definition) is 2. The first-order valence-corrected chi connectivity index (χ1v) is 13.5. The van der Waals surface area contributed by atoms with E-state index < -0.39 is 44.1 Å². The quantitative estimate of drug-likeness (QED) is 0.272. The largest absolute Gasteiger partial charge is 0.464 e. The molecule has 0 fully saturated rings. The van der Waals surface area contributed by atoms with E-state index >= 15 is 0 Å². The minimum Gasteiger partial charge on any atom is -0.464 e. The molecule has 1 unspecified atom stereocenters. The van der Waals surface area contributed by atoms with Gasteiger partial charge >= 0.3 is 11.9 Å². The maximum absolute atomic E-state index is 13.7. The van der Waals surface area contributed by atoms with Gasteiger partial charge in [-0.05, 0) is 40.5 Å². The van der Waals surface area contributed by atoms with Crippen molar-refractivity contribution in [2.75, 3.05) is 25.3 Å². The third kappa shape index (κ3) is 8.81. The Kier molecular flexibility index (Phi) is 10.4. The van der Waals surface area contributed by atoms with Crippen molar-refractivity contribution in [1.82, 2.24) is 24.6 Å². The van der Waals surface area contributed by atoms with Gasteiger partial charge in [-0.2, -0.15) is 0 Å². The lowest BCUT2D eigenvalue weighted by atomic mass is 10.1. The van der Waals surface area contributed by atoms with Gasteiger partial charge in [-0.1, -0.05) is 13.8 Å². The summed E-state index contributed by atoms with van der Waals surface area (Å²) in [6.45, 7) is 11.9. The number of esters is 2. The Hall–Kier alpha value is -2.60. The normalized spacial score (nSPS) is 14.7. The van der Waals surface area contributed by atoms with Gasteiger partial charge in [0.1, 0.15) is 23.7 Å². The van der Waals surface area contributed by atoms with Gasteiger partial charge in [0.25, 0.3) is 7.52 Å². The topological polar surface area (TPSA) is 170 Å². The molecule has 13 nitrogen and oxygen atoms in total. The number of nitrogens with two attached hydrogens (primary N) is 1. The Balaban J connectivity index is 2.11. The summed E-state index contributed by atoms with van der Waals surface area (Å²) in [4.78, 5) is 36.9. The Morgan fingerprint density at radius 3 is 2.50 bits per heavy atom. The average molecular weight is 529 g/mol. The van der Waals surface area contributed by atoms with E-state index in [0.717, 1.165) is 0 Å². The molecule has 14 heteroatoms. The number of rotatable bonds is 14. The van der Waals surface area contributed by atoms with Crippen molar-refractivity contribution in [2.24, 2.45) is 5.92 Å². The fourth-order valence-corrected chi connectivity index (χ4v) is 4.95. The van der Waals surface area contributed by atoms with Crippen LogP contribution in [0.2, 0.25) is 0 Å².